The first-order valence-corrected chi connectivity index (χ1v) is 7.84. The summed E-state index contributed by atoms with van der Waals surface area (Å²) >= 11 is 0. The number of benzene rings is 3. The quantitative estimate of drug-likeness (QED) is 0.639. The lowest BCUT2D eigenvalue weighted by atomic mass is 10.0. The molecule has 1 aliphatic rings. The van der Waals surface area contributed by atoms with E-state index in [-0.39, 0.29) is 5.60 Å². The summed E-state index contributed by atoms with van der Waals surface area (Å²) in [4.78, 5) is 0. The fraction of sp³-hybridized carbons (Fsp3) is 0.143. The predicted molar refractivity (Wildman–Crippen MR) is 91.4 cm³/mol. The third-order valence-electron chi connectivity index (χ3n) is 4.23. The molecule has 4 rings (SSSR count). The van der Waals surface area contributed by atoms with Gasteiger partial charge in [0.2, 0.25) is 0 Å². The second-order valence-corrected chi connectivity index (χ2v) is 5.80. The Bertz CT molecular complexity index is 777. The highest BCUT2D eigenvalue weighted by Gasteiger charge is 2.47. The van der Waals surface area contributed by atoms with E-state index in [4.69, 9.17) is 9.47 Å². The van der Waals surface area contributed by atoms with Gasteiger partial charge in [-0.3, -0.25) is 0 Å². The van der Waals surface area contributed by atoms with Crippen molar-refractivity contribution in [2.75, 3.05) is 13.2 Å². The van der Waals surface area contributed by atoms with Gasteiger partial charge in [0, 0.05) is 5.56 Å². The van der Waals surface area contributed by atoms with Crippen LogP contribution in [0.1, 0.15) is 5.56 Å². The molecule has 2 nitrogen and oxygen atoms in total. The summed E-state index contributed by atoms with van der Waals surface area (Å²) in [5.41, 5.74) is 3.16. The van der Waals surface area contributed by atoms with E-state index in [9.17, 15) is 0 Å². The van der Waals surface area contributed by atoms with E-state index in [0.29, 0.717) is 13.2 Å². The van der Waals surface area contributed by atoms with Gasteiger partial charge < -0.3 is 9.47 Å². The first-order chi connectivity index (χ1) is 11.4. The normalized spacial score (nSPS) is 19.3. The number of hydrogen-bond acceptors (Lipinski definition) is 2. The van der Waals surface area contributed by atoms with Crippen LogP contribution >= 0.6 is 0 Å². The molecule has 0 aliphatic carbocycles. The molecular weight excluding hydrogens is 284 g/mol. The fourth-order valence-corrected chi connectivity index (χ4v) is 2.81. The maximum Gasteiger partial charge on any atom is 0.150 e. The average molecular weight is 302 g/mol. The van der Waals surface area contributed by atoms with Crippen molar-refractivity contribution in [3.05, 3.63) is 90.5 Å². The van der Waals surface area contributed by atoms with Gasteiger partial charge in [0.15, 0.2) is 5.60 Å². The van der Waals surface area contributed by atoms with Crippen molar-refractivity contribution in [1.29, 1.82) is 0 Å². The minimum Gasteiger partial charge on any atom is -0.489 e. The van der Waals surface area contributed by atoms with Crippen molar-refractivity contribution < 1.29 is 9.47 Å². The molecule has 2 heteroatoms. The SMILES string of the molecule is c1ccc(-c2ccccc2OCC2(c3ccccc3)CO2)cc1. The summed E-state index contributed by atoms with van der Waals surface area (Å²) in [7, 11) is 0. The molecule has 3 aromatic carbocycles. The zero-order chi connectivity index (χ0) is 15.5. The molecule has 1 saturated heterocycles. The van der Waals surface area contributed by atoms with Crippen LogP contribution in [0, 0.1) is 0 Å². The molecule has 1 fully saturated rings. The average Bonchev–Trinajstić information content (AvgIpc) is 3.43. The summed E-state index contributed by atoms with van der Waals surface area (Å²) in [5.74, 6) is 0.893. The van der Waals surface area contributed by atoms with Crippen molar-refractivity contribution in [3.8, 4) is 16.9 Å². The number of rotatable bonds is 5. The molecular formula is C21H18O2. The lowest BCUT2D eigenvalue weighted by Crippen LogP contribution is -2.19. The predicted octanol–water partition coefficient (Wildman–Crippen LogP) is 4.66. The van der Waals surface area contributed by atoms with E-state index in [1.165, 1.54) is 5.56 Å². The highest BCUT2D eigenvalue weighted by molar-refractivity contribution is 5.70. The summed E-state index contributed by atoms with van der Waals surface area (Å²) < 4.78 is 11.9. The second kappa shape index (κ2) is 5.90. The molecule has 114 valence electrons. The second-order valence-electron chi connectivity index (χ2n) is 5.80. The molecule has 0 spiro atoms. The molecule has 3 aromatic rings. The van der Waals surface area contributed by atoms with Gasteiger partial charge in [0.1, 0.15) is 12.4 Å². The molecule has 1 heterocycles. The van der Waals surface area contributed by atoms with Crippen LogP contribution < -0.4 is 4.74 Å². The smallest absolute Gasteiger partial charge is 0.150 e. The van der Waals surface area contributed by atoms with Gasteiger partial charge in [-0.05, 0) is 17.2 Å². The van der Waals surface area contributed by atoms with Gasteiger partial charge in [0.25, 0.3) is 0 Å². The summed E-state index contributed by atoms with van der Waals surface area (Å²) in [6.45, 7) is 1.24. The Morgan fingerprint density at radius 1 is 0.783 bits per heavy atom. The van der Waals surface area contributed by atoms with Gasteiger partial charge in [0.05, 0.1) is 6.61 Å². The Balaban J connectivity index is 1.57. The molecule has 0 aromatic heterocycles. The fourth-order valence-electron chi connectivity index (χ4n) is 2.81. The minimum absolute atomic E-state index is 0.287. The Kier molecular flexibility index (Phi) is 3.60. The maximum atomic E-state index is 6.15. The van der Waals surface area contributed by atoms with Crippen molar-refractivity contribution in [2.24, 2.45) is 0 Å². The van der Waals surface area contributed by atoms with E-state index in [1.807, 2.05) is 54.6 Å². The molecule has 1 atom stereocenters. The van der Waals surface area contributed by atoms with E-state index in [2.05, 4.69) is 30.3 Å². The van der Waals surface area contributed by atoms with Gasteiger partial charge in [-0.1, -0.05) is 78.9 Å². The highest BCUT2D eigenvalue weighted by atomic mass is 16.6. The van der Waals surface area contributed by atoms with Crippen LogP contribution in [0.4, 0.5) is 0 Å². The van der Waals surface area contributed by atoms with Crippen LogP contribution in [0.2, 0.25) is 0 Å². The van der Waals surface area contributed by atoms with Gasteiger partial charge in [-0.15, -0.1) is 0 Å². The lowest BCUT2D eigenvalue weighted by molar-refractivity contribution is 0.190. The van der Waals surface area contributed by atoms with Crippen molar-refractivity contribution in [3.63, 3.8) is 0 Å². The molecule has 0 radical (unpaired) electrons. The van der Waals surface area contributed by atoms with Crippen LogP contribution in [0.5, 0.6) is 5.75 Å². The largest absolute Gasteiger partial charge is 0.489 e. The molecule has 0 N–H and O–H groups in total. The molecule has 0 saturated carbocycles. The minimum atomic E-state index is -0.287. The third kappa shape index (κ3) is 2.86. The van der Waals surface area contributed by atoms with Gasteiger partial charge in [-0.2, -0.15) is 0 Å². The summed E-state index contributed by atoms with van der Waals surface area (Å²) in [6.07, 6.45) is 0. The van der Waals surface area contributed by atoms with Gasteiger partial charge in [-0.25, -0.2) is 0 Å². The topological polar surface area (TPSA) is 21.8 Å². The van der Waals surface area contributed by atoms with E-state index in [0.717, 1.165) is 16.9 Å². The van der Waals surface area contributed by atoms with Crippen LogP contribution in [-0.4, -0.2) is 13.2 Å². The van der Waals surface area contributed by atoms with Crippen molar-refractivity contribution in [1.82, 2.24) is 0 Å². The lowest BCUT2D eigenvalue weighted by Gasteiger charge is -2.16. The zero-order valence-electron chi connectivity index (χ0n) is 12.8. The van der Waals surface area contributed by atoms with Crippen LogP contribution in [0.15, 0.2) is 84.9 Å². The van der Waals surface area contributed by atoms with Crippen LogP contribution in [0.25, 0.3) is 11.1 Å². The monoisotopic (exact) mass is 302 g/mol. The molecule has 1 aliphatic heterocycles. The highest BCUT2D eigenvalue weighted by Crippen LogP contribution is 2.40. The number of hydrogen-bond donors (Lipinski definition) is 0. The van der Waals surface area contributed by atoms with E-state index in [1.54, 1.807) is 0 Å². The Morgan fingerprint density at radius 3 is 2.09 bits per heavy atom. The third-order valence-corrected chi connectivity index (χ3v) is 4.23. The molecule has 1 unspecified atom stereocenters. The van der Waals surface area contributed by atoms with Crippen LogP contribution in [0.3, 0.4) is 0 Å². The Hall–Kier alpha value is -2.58. The zero-order valence-corrected chi connectivity index (χ0v) is 12.8. The standard InChI is InChI=1S/C21H18O2/c1-3-9-17(10-4-1)19-13-7-8-14-20(19)22-15-21(16-23-21)18-11-5-2-6-12-18/h1-14H,15-16H2. The summed E-state index contributed by atoms with van der Waals surface area (Å²) in [5, 5.41) is 0. The van der Waals surface area contributed by atoms with Crippen molar-refractivity contribution in [2.45, 2.75) is 5.60 Å². The molecule has 0 amide bonds. The first kappa shape index (κ1) is 14.0. The van der Waals surface area contributed by atoms with Crippen LogP contribution in [-0.2, 0) is 10.3 Å². The maximum absolute atomic E-state index is 6.15. The Labute approximate surface area is 136 Å². The molecule has 23 heavy (non-hydrogen) atoms. The van der Waals surface area contributed by atoms with E-state index >= 15 is 0 Å². The number of ether oxygens (including phenoxy) is 2. The number of epoxide rings is 1. The van der Waals surface area contributed by atoms with Crippen molar-refractivity contribution >= 4 is 0 Å². The first-order valence-electron chi connectivity index (χ1n) is 7.84. The van der Waals surface area contributed by atoms with Gasteiger partial charge >= 0.3 is 0 Å². The molecule has 0 bridgehead atoms. The Morgan fingerprint density at radius 2 is 1.39 bits per heavy atom. The van der Waals surface area contributed by atoms with E-state index < -0.39 is 0 Å². The summed E-state index contributed by atoms with van der Waals surface area (Å²) in [6, 6.07) is 28.7. The number of para-hydroxylation sites is 1.